The summed E-state index contributed by atoms with van der Waals surface area (Å²) in [5.41, 5.74) is -0.00156. The molecule has 3 rings (SSSR count). The van der Waals surface area contributed by atoms with Gasteiger partial charge in [-0.05, 0) is 42.2 Å². The van der Waals surface area contributed by atoms with Crippen LogP contribution in [0.2, 0.25) is 0 Å². The molecule has 2 aromatic rings. The summed E-state index contributed by atoms with van der Waals surface area (Å²) in [5.74, 6) is -0.371. The molecule has 0 atom stereocenters. The van der Waals surface area contributed by atoms with Crippen LogP contribution in [0.15, 0.2) is 42.5 Å². The van der Waals surface area contributed by atoms with Crippen LogP contribution < -0.4 is 0 Å². The van der Waals surface area contributed by atoms with Crippen molar-refractivity contribution in [3.8, 4) is 0 Å². The van der Waals surface area contributed by atoms with Crippen molar-refractivity contribution in [1.29, 1.82) is 0 Å². The SMILES string of the molecule is CCOC(=O)C1CC(O)(c2ccc3ccccc3c2)C1. The first kappa shape index (κ1) is 13.1. The average molecular weight is 270 g/mol. The second-order valence-corrected chi connectivity index (χ2v) is 5.45. The Hall–Kier alpha value is -1.87. The van der Waals surface area contributed by atoms with E-state index in [0.717, 1.165) is 16.3 Å². The predicted molar refractivity (Wildman–Crippen MR) is 77.2 cm³/mol. The maximum atomic E-state index is 11.6. The van der Waals surface area contributed by atoms with Gasteiger partial charge in [-0.2, -0.15) is 0 Å². The van der Waals surface area contributed by atoms with Gasteiger partial charge in [0, 0.05) is 0 Å². The number of hydrogen-bond acceptors (Lipinski definition) is 3. The highest BCUT2D eigenvalue weighted by atomic mass is 16.5. The van der Waals surface area contributed by atoms with Crippen LogP contribution in [0, 0.1) is 5.92 Å². The Kier molecular flexibility index (Phi) is 3.22. The quantitative estimate of drug-likeness (QED) is 0.872. The Labute approximate surface area is 118 Å². The summed E-state index contributed by atoms with van der Waals surface area (Å²) >= 11 is 0. The minimum absolute atomic E-state index is 0.175. The molecule has 0 spiro atoms. The van der Waals surface area contributed by atoms with Gasteiger partial charge in [-0.25, -0.2) is 0 Å². The van der Waals surface area contributed by atoms with E-state index in [2.05, 4.69) is 0 Å². The molecule has 0 amide bonds. The Balaban J connectivity index is 1.80. The Morgan fingerprint density at radius 3 is 2.65 bits per heavy atom. The molecule has 2 aromatic carbocycles. The third-order valence-electron chi connectivity index (χ3n) is 4.07. The van der Waals surface area contributed by atoms with Gasteiger partial charge in [0.1, 0.15) is 0 Å². The van der Waals surface area contributed by atoms with Crippen molar-refractivity contribution in [1.82, 2.24) is 0 Å². The number of carbonyl (C=O) groups is 1. The Morgan fingerprint density at radius 1 is 1.25 bits per heavy atom. The summed E-state index contributed by atoms with van der Waals surface area (Å²) in [6.07, 6.45) is 0.897. The normalized spacial score (nSPS) is 25.2. The summed E-state index contributed by atoms with van der Waals surface area (Å²) in [7, 11) is 0. The van der Waals surface area contributed by atoms with E-state index in [1.807, 2.05) is 42.5 Å². The van der Waals surface area contributed by atoms with Gasteiger partial charge in [0.05, 0.1) is 18.1 Å². The number of ether oxygens (including phenoxy) is 1. The number of esters is 1. The largest absolute Gasteiger partial charge is 0.466 e. The maximum Gasteiger partial charge on any atom is 0.309 e. The van der Waals surface area contributed by atoms with E-state index >= 15 is 0 Å². The standard InChI is InChI=1S/C17H18O3/c1-2-20-16(18)14-10-17(19,11-14)15-8-7-12-5-3-4-6-13(12)9-15/h3-9,14,19H,2,10-11H2,1H3. The van der Waals surface area contributed by atoms with Crippen LogP contribution in [-0.2, 0) is 15.1 Å². The molecular weight excluding hydrogens is 252 g/mol. The summed E-state index contributed by atoms with van der Waals surface area (Å²) in [6.45, 7) is 2.19. The highest BCUT2D eigenvalue weighted by molar-refractivity contribution is 5.83. The van der Waals surface area contributed by atoms with E-state index in [0.29, 0.717) is 19.4 Å². The number of hydrogen-bond donors (Lipinski definition) is 1. The summed E-state index contributed by atoms with van der Waals surface area (Å²) in [5, 5.41) is 12.9. The molecule has 104 valence electrons. The van der Waals surface area contributed by atoms with Crippen LogP contribution in [-0.4, -0.2) is 17.7 Å². The highest BCUT2D eigenvalue weighted by Gasteiger charge is 2.48. The first-order valence-electron chi connectivity index (χ1n) is 7.01. The molecule has 1 fully saturated rings. The van der Waals surface area contributed by atoms with Gasteiger partial charge < -0.3 is 9.84 Å². The molecule has 0 radical (unpaired) electrons. The molecule has 3 nitrogen and oxygen atoms in total. The number of carbonyl (C=O) groups excluding carboxylic acids is 1. The third kappa shape index (κ3) is 2.18. The van der Waals surface area contributed by atoms with Crippen molar-refractivity contribution >= 4 is 16.7 Å². The molecule has 0 aliphatic heterocycles. The van der Waals surface area contributed by atoms with E-state index in [4.69, 9.17) is 4.74 Å². The molecular formula is C17H18O3. The summed E-state index contributed by atoms with van der Waals surface area (Å²) in [6, 6.07) is 14.0. The summed E-state index contributed by atoms with van der Waals surface area (Å²) < 4.78 is 5.00. The minimum Gasteiger partial charge on any atom is -0.466 e. The number of rotatable bonds is 3. The highest BCUT2D eigenvalue weighted by Crippen LogP contribution is 2.46. The number of aliphatic hydroxyl groups is 1. The van der Waals surface area contributed by atoms with Crippen LogP contribution in [0.1, 0.15) is 25.3 Å². The van der Waals surface area contributed by atoms with E-state index in [1.54, 1.807) is 6.92 Å². The molecule has 1 aliphatic carbocycles. The fourth-order valence-electron chi connectivity index (χ4n) is 2.90. The van der Waals surface area contributed by atoms with Crippen molar-refractivity contribution in [2.24, 2.45) is 5.92 Å². The van der Waals surface area contributed by atoms with Crippen LogP contribution in [0.25, 0.3) is 10.8 Å². The molecule has 1 N–H and O–H groups in total. The lowest BCUT2D eigenvalue weighted by Crippen LogP contribution is -2.45. The first-order chi connectivity index (χ1) is 9.62. The van der Waals surface area contributed by atoms with Gasteiger partial charge in [-0.3, -0.25) is 4.79 Å². The Bertz CT molecular complexity index is 641. The van der Waals surface area contributed by atoms with Crippen LogP contribution in [0.3, 0.4) is 0 Å². The molecule has 0 bridgehead atoms. The molecule has 20 heavy (non-hydrogen) atoms. The van der Waals surface area contributed by atoms with E-state index in [1.165, 1.54) is 0 Å². The van der Waals surface area contributed by atoms with E-state index in [9.17, 15) is 9.90 Å². The zero-order chi connectivity index (χ0) is 14.2. The van der Waals surface area contributed by atoms with Crippen LogP contribution >= 0.6 is 0 Å². The number of fused-ring (bicyclic) bond motifs is 1. The average Bonchev–Trinajstić information content (AvgIpc) is 2.43. The summed E-state index contributed by atoms with van der Waals surface area (Å²) in [4.78, 5) is 11.6. The fourth-order valence-corrected chi connectivity index (χ4v) is 2.90. The number of benzene rings is 2. The zero-order valence-corrected chi connectivity index (χ0v) is 11.5. The van der Waals surface area contributed by atoms with Gasteiger partial charge in [-0.15, -0.1) is 0 Å². The van der Waals surface area contributed by atoms with E-state index < -0.39 is 5.60 Å². The molecule has 0 unspecified atom stereocenters. The van der Waals surface area contributed by atoms with Crippen molar-refractivity contribution in [3.05, 3.63) is 48.0 Å². The van der Waals surface area contributed by atoms with E-state index in [-0.39, 0.29) is 11.9 Å². The maximum absolute atomic E-state index is 11.6. The lowest BCUT2D eigenvalue weighted by molar-refractivity contribution is -0.165. The second kappa shape index (κ2) is 4.91. The van der Waals surface area contributed by atoms with Crippen LogP contribution in [0.4, 0.5) is 0 Å². The minimum atomic E-state index is -0.887. The topological polar surface area (TPSA) is 46.5 Å². The van der Waals surface area contributed by atoms with Crippen LogP contribution in [0.5, 0.6) is 0 Å². The van der Waals surface area contributed by atoms with Crippen molar-refractivity contribution < 1.29 is 14.6 Å². The van der Waals surface area contributed by atoms with Crippen molar-refractivity contribution in [3.63, 3.8) is 0 Å². The fraction of sp³-hybridized carbons (Fsp3) is 0.353. The molecule has 1 aliphatic rings. The molecule has 3 heteroatoms. The van der Waals surface area contributed by atoms with Gasteiger partial charge in [-0.1, -0.05) is 36.4 Å². The van der Waals surface area contributed by atoms with Gasteiger partial charge in [0.25, 0.3) is 0 Å². The lowest BCUT2D eigenvalue weighted by atomic mass is 9.67. The van der Waals surface area contributed by atoms with Crippen molar-refractivity contribution in [2.45, 2.75) is 25.4 Å². The monoisotopic (exact) mass is 270 g/mol. The first-order valence-corrected chi connectivity index (χ1v) is 7.01. The lowest BCUT2D eigenvalue weighted by Gasteiger charge is -2.42. The van der Waals surface area contributed by atoms with Gasteiger partial charge in [0.2, 0.25) is 0 Å². The van der Waals surface area contributed by atoms with Gasteiger partial charge >= 0.3 is 5.97 Å². The van der Waals surface area contributed by atoms with Gasteiger partial charge in [0.15, 0.2) is 0 Å². The van der Waals surface area contributed by atoms with Crippen molar-refractivity contribution in [2.75, 3.05) is 6.61 Å². The third-order valence-corrected chi connectivity index (χ3v) is 4.07. The molecule has 0 saturated heterocycles. The molecule has 1 saturated carbocycles. The smallest absolute Gasteiger partial charge is 0.309 e. The Morgan fingerprint density at radius 2 is 1.95 bits per heavy atom. The zero-order valence-electron chi connectivity index (χ0n) is 11.5. The molecule has 0 heterocycles. The predicted octanol–water partition coefficient (Wildman–Crippen LogP) is 3.00. The second-order valence-electron chi connectivity index (χ2n) is 5.45. The molecule has 0 aromatic heterocycles.